The van der Waals surface area contributed by atoms with E-state index in [4.69, 9.17) is 17.3 Å². The van der Waals surface area contributed by atoms with E-state index in [2.05, 4.69) is 14.9 Å². The Hall–Kier alpha value is -1.27. The lowest BCUT2D eigenvalue weighted by atomic mass is 10.2. The van der Waals surface area contributed by atoms with E-state index in [1.807, 2.05) is 0 Å². The molecule has 1 saturated carbocycles. The highest BCUT2D eigenvalue weighted by molar-refractivity contribution is 7.71. The zero-order valence-corrected chi connectivity index (χ0v) is 9.38. The van der Waals surface area contributed by atoms with Crippen molar-refractivity contribution >= 4 is 18.2 Å². The van der Waals surface area contributed by atoms with Crippen LogP contribution in [0.2, 0.25) is 0 Å². The van der Waals surface area contributed by atoms with Crippen molar-refractivity contribution in [1.29, 1.82) is 0 Å². The van der Waals surface area contributed by atoms with E-state index in [-0.39, 0.29) is 10.5 Å². The summed E-state index contributed by atoms with van der Waals surface area (Å²) in [7, 11) is 0. The molecule has 84 valence electrons. The number of carboxylic acids is 1. The molecule has 3 rings (SSSR count). The van der Waals surface area contributed by atoms with Crippen molar-refractivity contribution in [2.45, 2.75) is 32.0 Å². The highest BCUT2D eigenvalue weighted by Gasteiger charge is 2.35. The lowest BCUT2D eigenvalue weighted by Gasteiger charge is -2.11. The Labute approximate surface area is 97.1 Å². The molecule has 0 unspecified atom stereocenters. The standard InChI is InChI=1S/C10H11N3O2S/c14-9(15)8-6-3-13(5-1-2-5)4-7(6)11-10(16)12-8/h5H,1-4H2,(H,14,15)(H,11,12,16). The Balaban J connectivity index is 2.05. The van der Waals surface area contributed by atoms with Crippen LogP contribution in [-0.2, 0) is 13.1 Å². The number of carbonyl (C=O) groups is 1. The highest BCUT2D eigenvalue weighted by atomic mass is 32.1. The van der Waals surface area contributed by atoms with Gasteiger partial charge in [-0.2, -0.15) is 0 Å². The molecule has 0 spiro atoms. The second kappa shape index (κ2) is 3.36. The molecular formula is C10H11N3O2S. The molecule has 16 heavy (non-hydrogen) atoms. The topological polar surface area (TPSA) is 69.2 Å². The molecule has 0 radical (unpaired) electrons. The Bertz CT molecular complexity index is 521. The molecule has 0 bridgehead atoms. The van der Waals surface area contributed by atoms with Crippen LogP contribution in [0.25, 0.3) is 0 Å². The molecule has 6 heteroatoms. The summed E-state index contributed by atoms with van der Waals surface area (Å²) in [5.41, 5.74) is 1.83. The third-order valence-corrected chi connectivity index (χ3v) is 3.30. The molecular weight excluding hydrogens is 226 g/mol. The number of aromatic amines is 1. The van der Waals surface area contributed by atoms with Gasteiger partial charge in [0.05, 0.1) is 0 Å². The van der Waals surface area contributed by atoms with Crippen LogP contribution < -0.4 is 0 Å². The van der Waals surface area contributed by atoms with Gasteiger partial charge in [0.25, 0.3) is 0 Å². The highest BCUT2D eigenvalue weighted by Crippen LogP contribution is 2.34. The normalized spacial score (nSPS) is 19.8. The van der Waals surface area contributed by atoms with Gasteiger partial charge in [0.15, 0.2) is 10.5 Å². The van der Waals surface area contributed by atoms with Gasteiger partial charge in [-0.1, -0.05) is 0 Å². The van der Waals surface area contributed by atoms with E-state index in [9.17, 15) is 4.79 Å². The maximum atomic E-state index is 11.1. The maximum Gasteiger partial charge on any atom is 0.355 e. The van der Waals surface area contributed by atoms with E-state index in [0.29, 0.717) is 12.6 Å². The fraction of sp³-hybridized carbons (Fsp3) is 0.500. The van der Waals surface area contributed by atoms with E-state index in [1.54, 1.807) is 0 Å². The fourth-order valence-corrected chi connectivity index (χ4v) is 2.40. The molecule has 1 aliphatic carbocycles. The number of H-pyrrole nitrogens is 1. The number of aromatic carboxylic acids is 1. The third-order valence-electron chi connectivity index (χ3n) is 3.11. The van der Waals surface area contributed by atoms with Crippen molar-refractivity contribution in [1.82, 2.24) is 14.9 Å². The van der Waals surface area contributed by atoms with Crippen LogP contribution in [0, 0.1) is 4.77 Å². The Morgan fingerprint density at radius 3 is 2.88 bits per heavy atom. The zero-order chi connectivity index (χ0) is 11.3. The van der Waals surface area contributed by atoms with Crippen molar-refractivity contribution in [3.05, 3.63) is 21.7 Å². The van der Waals surface area contributed by atoms with Crippen LogP contribution in [0.15, 0.2) is 0 Å². The number of hydrogen-bond acceptors (Lipinski definition) is 4. The van der Waals surface area contributed by atoms with Gasteiger partial charge in [-0.25, -0.2) is 9.78 Å². The average molecular weight is 237 g/mol. The molecule has 0 aromatic carbocycles. The minimum absolute atomic E-state index is 0.113. The summed E-state index contributed by atoms with van der Waals surface area (Å²) in [4.78, 5) is 20.2. The summed E-state index contributed by atoms with van der Waals surface area (Å²) in [5, 5.41) is 9.07. The summed E-state index contributed by atoms with van der Waals surface area (Å²) < 4.78 is 0.258. The van der Waals surface area contributed by atoms with E-state index >= 15 is 0 Å². The van der Waals surface area contributed by atoms with Gasteiger partial charge >= 0.3 is 5.97 Å². The van der Waals surface area contributed by atoms with Crippen molar-refractivity contribution in [3.8, 4) is 0 Å². The van der Waals surface area contributed by atoms with Crippen molar-refractivity contribution < 1.29 is 9.90 Å². The van der Waals surface area contributed by atoms with Crippen molar-refractivity contribution in [2.24, 2.45) is 0 Å². The predicted octanol–water partition coefficient (Wildman–Crippen LogP) is 1.32. The first kappa shape index (κ1) is 9.92. The Kier molecular flexibility index (Phi) is 2.08. The van der Waals surface area contributed by atoms with Gasteiger partial charge in [0.1, 0.15) is 0 Å². The maximum absolute atomic E-state index is 11.1. The molecule has 1 fully saturated rings. The SMILES string of the molecule is O=C(O)c1nc(=S)[nH]c2c1CN(C1CC1)C2. The molecule has 1 aliphatic heterocycles. The van der Waals surface area contributed by atoms with Gasteiger partial charge in [-0.05, 0) is 25.1 Å². The summed E-state index contributed by atoms with van der Waals surface area (Å²) in [6.45, 7) is 1.45. The lowest BCUT2D eigenvalue weighted by Crippen LogP contribution is -2.18. The van der Waals surface area contributed by atoms with Gasteiger partial charge in [0.2, 0.25) is 0 Å². The van der Waals surface area contributed by atoms with Crippen LogP contribution in [0.1, 0.15) is 34.6 Å². The number of carboxylic acid groups (broad SMARTS) is 1. The molecule has 2 N–H and O–H groups in total. The summed E-state index contributed by atoms with van der Waals surface area (Å²) in [5.74, 6) is -0.992. The number of nitrogens with one attached hydrogen (secondary N) is 1. The summed E-state index contributed by atoms with van der Waals surface area (Å²) in [6.07, 6.45) is 2.43. The van der Waals surface area contributed by atoms with Crippen LogP contribution in [0.3, 0.4) is 0 Å². The predicted molar refractivity (Wildman–Crippen MR) is 58.7 cm³/mol. The molecule has 2 aliphatic rings. The molecule has 0 amide bonds. The second-order valence-corrected chi connectivity index (χ2v) is 4.68. The molecule has 5 nitrogen and oxygen atoms in total. The van der Waals surface area contributed by atoms with E-state index in [0.717, 1.165) is 17.8 Å². The van der Waals surface area contributed by atoms with E-state index in [1.165, 1.54) is 12.8 Å². The Morgan fingerprint density at radius 2 is 2.25 bits per heavy atom. The van der Waals surface area contributed by atoms with Crippen LogP contribution in [-0.4, -0.2) is 32.0 Å². The van der Waals surface area contributed by atoms with Gasteiger partial charge in [0, 0.05) is 30.4 Å². The van der Waals surface area contributed by atoms with E-state index < -0.39 is 5.97 Å². The monoisotopic (exact) mass is 237 g/mol. The quantitative estimate of drug-likeness (QED) is 0.759. The molecule has 1 aromatic heterocycles. The first-order chi connectivity index (χ1) is 7.65. The number of aromatic nitrogens is 2. The van der Waals surface area contributed by atoms with Crippen LogP contribution >= 0.6 is 12.2 Å². The molecule has 1 aromatic rings. The second-order valence-electron chi connectivity index (χ2n) is 4.29. The largest absolute Gasteiger partial charge is 0.476 e. The summed E-state index contributed by atoms with van der Waals surface area (Å²) in [6, 6.07) is 0.621. The van der Waals surface area contributed by atoms with Crippen LogP contribution in [0.5, 0.6) is 0 Å². The molecule has 0 saturated heterocycles. The van der Waals surface area contributed by atoms with Gasteiger partial charge in [-0.3, -0.25) is 4.90 Å². The number of hydrogen-bond donors (Lipinski definition) is 2. The molecule has 2 heterocycles. The minimum Gasteiger partial charge on any atom is -0.476 e. The zero-order valence-electron chi connectivity index (χ0n) is 8.56. The van der Waals surface area contributed by atoms with Crippen LogP contribution in [0.4, 0.5) is 0 Å². The number of nitrogens with zero attached hydrogens (tertiary/aromatic N) is 2. The van der Waals surface area contributed by atoms with Crippen molar-refractivity contribution in [2.75, 3.05) is 0 Å². The average Bonchev–Trinajstić information content (AvgIpc) is 2.98. The number of fused-ring (bicyclic) bond motifs is 1. The Morgan fingerprint density at radius 1 is 1.50 bits per heavy atom. The number of rotatable bonds is 2. The van der Waals surface area contributed by atoms with Gasteiger partial charge in [-0.15, -0.1) is 0 Å². The fourth-order valence-electron chi connectivity index (χ4n) is 2.19. The summed E-state index contributed by atoms with van der Waals surface area (Å²) >= 11 is 4.93. The minimum atomic E-state index is -0.992. The smallest absolute Gasteiger partial charge is 0.355 e. The third kappa shape index (κ3) is 1.54. The lowest BCUT2D eigenvalue weighted by molar-refractivity contribution is 0.0688. The first-order valence-electron chi connectivity index (χ1n) is 5.24. The van der Waals surface area contributed by atoms with Gasteiger partial charge < -0.3 is 10.1 Å². The molecule has 0 atom stereocenters. The van der Waals surface area contributed by atoms with Crippen molar-refractivity contribution in [3.63, 3.8) is 0 Å². The first-order valence-corrected chi connectivity index (χ1v) is 5.65.